The number of allylic oxidation sites excluding steroid dienone is 8. The van der Waals surface area contributed by atoms with Crippen molar-refractivity contribution in [2.45, 2.75) is 531 Å². The van der Waals surface area contributed by atoms with E-state index in [0.29, 0.717) is 75.1 Å². The second-order valence-corrected chi connectivity index (χ2v) is 33.7. The minimum absolute atomic E-state index is 0. The zero-order chi connectivity index (χ0) is 82.2. The summed E-state index contributed by atoms with van der Waals surface area (Å²) in [6, 6.07) is 0. The van der Waals surface area contributed by atoms with Crippen LogP contribution >= 0.6 is 13.5 Å². The van der Waals surface area contributed by atoms with Crippen molar-refractivity contribution < 1.29 is 38.1 Å². The summed E-state index contributed by atoms with van der Waals surface area (Å²) in [7, 11) is 0. The van der Waals surface area contributed by atoms with Crippen LogP contribution in [0.5, 0.6) is 0 Å². The molecule has 0 saturated heterocycles. The van der Waals surface area contributed by atoms with Crippen LogP contribution in [0.4, 0.5) is 0 Å². The van der Waals surface area contributed by atoms with Crippen molar-refractivity contribution in [2.75, 3.05) is 49.4 Å². The van der Waals surface area contributed by atoms with Gasteiger partial charge in [0.25, 0.3) is 0 Å². The molecule has 0 amide bonds. The van der Waals surface area contributed by atoms with Crippen LogP contribution in [0.1, 0.15) is 531 Å². The van der Waals surface area contributed by atoms with E-state index in [1.807, 2.05) is 0 Å². The minimum atomic E-state index is -0.0821. The van der Waals surface area contributed by atoms with Gasteiger partial charge in [0.1, 0.15) is 0 Å². The first kappa shape index (κ1) is 135. The minimum Gasteiger partial charge on any atom is -0.789 e. The van der Waals surface area contributed by atoms with Gasteiger partial charge in [-0.2, -0.15) is 13.5 Å². The Balaban J connectivity index is -0.000000187. The third kappa shape index (κ3) is 140. The summed E-state index contributed by atoms with van der Waals surface area (Å²) in [5.41, 5.74) is 0. The third-order valence-electron chi connectivity index (χ3n) is 21.0. The predicted molar refractivity (Wildman–Crippen MR) is 538 cm³/mol. The average Bonchev–Trinajstić information content (AvgIpc) is 1.08. The standard InChI is InChI=1S/4C25H48O2S.2CH4.H2S.2Sn/c4*1-2-3-4-5-6-7-8-9-10-11-12-13-14-15-16-17-18-19-20-21-22-25(26)27-23-24-28;;;;;/h4*10-11,28H,2-9,12-24H2,1H3;2*1H4;1H2;;/q;;;;;;;2*+2/p-4/b4*11-10+;;;;;. The zero-order valence-corrected chi connectivity index (χ0v) is 86.4. The summed E-state index contributed by atoms with van der Waals surface area (Å²) in [6.45, 7) is 10.7. The number of ether oxygens (including phenoxy) is 4. The fraction of sp³-hybridized carbons (Fsp3) is 0.882. The Bertz CT molecular complexity index is 1650. The van der Waals surface area contributed by atoms with E-state index in [2.05, 4.69) is 76.3 Å². The van der Waals surface area contributed by atoms with Crippen molar-refractivity contribution in [3.05, 3.63) is 48.6 Å². The van der Waals surface area contributed by atoms with Crippen molar-refractivity contribution in [1.82, 2.24) is 0 Å². The van der Waals surface area contributed by atoms with E-state index in [1.165, 1.54) is 411 Å². The van der Waals surface area contributed by atoms with Gasteiger partial charge in [-0.25, -0.2) is 0 Å². The molecule has 0 N–H and O–H groups in total. The van der Waals surface area contributed by atoms with Crippen molar-refractivity contribution in [3.63, 3.8) is 0 Å². The second kappa shape index (κ2) is 132. The first-order valence-electron chi connectivity index (χ1n) is 48.8. The Morgan fingerprint density at radius 1 is 0.188 bits per heavy atom. The van der Waals surface area contributed by atoms with Gasteiger partial charge in [0.05, 0.1) is 26.4 Å². The van der Waals surface area contributed by atoms with E-state index in [0.717, 1.165) is 51.4 Å². The summed E-state index contributed by atoms with van der Waals surface area (Å²) in [6.07, 6.45) is 117. The van der Waals surface area contributed by atoms with Crippen LogP contribution < -0.4 is 0 Å². The fourth-order valence-electron chi connectivity index (χ4n) is 13.8. The van der Waals surface area contributed by atoms with Crippen LogP contribution in [0, 0.1) is 0 Å². The van der Waals surface area contributed by atoms with Gasteiger partial charge in [-0.15, -0.1) is 23.0 Å². The number of esters is 4. The Hall–Kier alpha value is 0.187. The number of hydrogen-bond donors (Lipinski definition) is 0. The predicted octanol–water partition coefficient (Wildman–Crippen LogP) is 32.9. The summed E-state index contributed by atoms with van der Waals surface area (Å²) in [5, 5.41) is 0. The molecule has 0 unspecified atom stereocenters. The smallest absolute Gasteiger partial charge is 0.789 e. The molecule has 15 heteroatoms. The molecule has 8 nitrogen and oxygen atoms in total. The summed E-state index contributed by atoms with van der Waals surface area (Å²) >= 11 is 19.0. The fourth-order valence-corrected chi connectivity index (χ4v) is 14.1. The van der Waals surface area contributed by atoms with Crippen LogP contribution in [0.2, 0.25) is 0 Å². The molecule has 0 fully saturated rings. The van der Waals surface area contributed by atoms with Gasteiger partial charge in [-0.05, 0) is 128 Å². The number of hydrogen-bond acceptors (Lipinski definition) is 12. The normalized spacial score (nSPS) is 10.9. The van der Waals surface area contributed by atoms with Gasteiger partial charge >= 0.3 is 71.7 Å². The van der Waals surface area contributed by atoms with E-state index in [9.17, 15) is 19.2 Å². The first-order valence-corrected chi connectivity index (χ1v) is 51.1. The Morgan fingerprint density at radius 2 is 0.291 bits per heavy atom. The zero-order valence-electron chi connectivity index (χ0n) is 76.4. The number of carbonyl (C=O) groups excluding carboxylic acids is 4. The molecule has 0 spiro atoms. The molecule has 0 aromatic heterocycles. The van der Waals surface area contributed by atoms with Crippen molar-refractivity contribution in [2.24, 2.45) is 0 Å². The van der Waals surface area contributed by atoms with E-state index >= 15 is 0 Å². The molecule has 0 aromatic carbocycles. The van der Waals surface area contributed by atoms with Crippen molar-refractivity contribution >= 4 is 136 Å². The molecule has 0 aliphatic heterocycles. The number of unbranched alkanes of at least 4 members (excludes halogenated alkanes) is 64. The van der Waals surface area contributed by atoms with Crippen LogP contribution in [-0.4, -0.2) is 121 Å². The molecule has 0 saturated carbocycles. The van der Waals surface area contributed by atoms with E-state index < -0.39 is 0 Å². The van der Waals surface area contributed by atoms with Gasteiger partial charge in [0.2, 0.25) is 0 Å². The van der Waals surface area contributed by atoms with E-state index in [1.54, 1.807) is 0 Å². The van der Waals surface area contributed by atoms with Gasteiger partial charge in [0, 0.05) is 25.7 Å². The Labute approximate surface area is 795 Å². The molecule has 0 aromatic rings. The molecule has 0 heterocycles. The maximum atomic E-state index is 11.3. The SMILES string of the molecule is C.C.CCCCCCCCC/C=C/CCCCCCCCCCCC(=O)OCC[S-].CCCCCCCCC/C=C/CCCCCCCCCCCC(=O)OCC[S-].CCCCCCCCC/C=C/CCCCCCCCCCCC(=O)OCC[S-].CCCCCCCCC/C=C/CCCCCCCCCCCC(=O)OCC[S-].S.[Sn+2].[Sn+2]. The summed E-state index contributed by atoms with van der Waals surface area (Å²) in [4.78, 5) is 45.3. The molecular formula is C102H198O8S5Sn2. The Kier molecular flexibility index (Phi) is 152. The molecule has 4 radical (unpaired) electrons. The Morgan fingerprint density at radius 3 is 0.402 bits per heavy atom. The first-order chi connectivity index (χ1) is 55.2. The monoisotopic (exact) mass is 1950 g/mol. The molecule has 0 aliphatic carbocycles. The molecule has 0 bridgehead atoms. The van der Waals surface area contributed by atoms with Crippen molar-refractivity contribution in [1.29, 1.82) is 0 Å². The maximum absolute atomic E-state index is 11.3. The third-order valence-corrected chi connectivity index (χ3v) is 21.6. The van der Waals surface area contributed by atoms with Gasteiger partial charge in [0.15, 0.2) is 0 Å². The van der Waals surface area contributed by atoms with Crippen LogP contribution in [0.25, 0.3) is 0 Å². The second-order valence-electron chi connectivity index (χ2n) is 32.1. The van der Waals surface area contributed by atoms with Gasteiger partial charge in [-0.1, -0.05) is 425 Å². The molecular weight excluding hydrogens is 1750 g/mol. The largest absolute Gasteiger partial charge is 2.00 e. The van der Waals surface area contributed by atoms with Gasteiger partial charge < -0.3 is 69.5 Å². The molecule has 0 aliphatic rings. The van der Waals surface area contributed by atoms with E-state index in [-0.39, 0.29) is 100 Å². The van der Waals surface area contributed by atoms with Gasteiger partial charge in [-0.3, -0.25) is 19.2 Å². The quantitative estimate of drug-likeness (QED) is 0.0145. The number of rotatable bonds is 88. The van der Waals surface area contributed by atoms with Crippen LogP contribution in [0.15, 0.2) is 48.6 Å². The van der Waals surface area contributed by atoms with Crippen molar-refractivity contribution in [3.8, 4) is 0 Å². The number of carbonyl (C=O) groups is 4. The van der Waals surface area contributed by atoms with Crippen LogP contribution in [-0.2, 0) is 88.6 Å². The molecule has 117 heavy (non-hydrogen) atoms. The van der Waals surface area contributed by atoms with Crippen LogP contribution in [0.3, 0.4) is 0 Å². The molecule has 0 rings (SSSR count). The molecule has 0 atom stereocenters. The maximum Gasteiger partial charge on any atom is 2.00 e. The van der Waals surface area contributed by atoms with E-state index in [4.69, 9.17) is 69.5 Å². The summed E-state index contributed by atoms with van der Waals surface area (Å²) < 4.78 is 19.9. The molecule has 692 valence electrons. The average molecular weight is 1950 g/mol. The topological polar surface area (TPSA) is 105 Å². The summed E-state index contributed by atoms with van der Waals surface area (Å²) in [5.74, 6) is 1.68.